The van der Waals surface area contributed by atoms with Gasteiger partial charge < -0.3 is 15.0 Å². The lowest BCUT2D eigenvalue weighted by molar-refractivity contribution is -0.134. The fourth-order valence-corrected chi connectivity index (χ4v) is 3.81. The van der Waals surface area contributed by atoms with E-state index in [1.807, 2.05) is 78.9 Å². The summed E-state index contributed by atoms with van der Waals surface area (Å²) in [6.45, 7) is 0. The van der Waals surface area contributed by atoms with E-state index in [-0.39, 0.29) is 11.8 Å². The van der Waals surface area contributed by atoms with Gasteiger partial charge in [-0.3, -0.25) is 9.59 Å². The summed E-state index contributed by atoms with van der Waals surface area (Å²) in [6.07, 6.45) is 0.427. The number of benzene rings is 3. The van der Waals surface area contributed by atoms with Crippen molar-refractivity contribution in [2.24, 2.45) is 0 Å². The Morgan fingerprint density at radius 2 is 1.40 bits per heavy atom. The van der Waals surface area contributed by atoms with Gasteiger partial charge in [0.25, 0.3) is 0 Å². The van der Waals surface area contributed by atoms with Crippen molar-refractivity contribution in [1.82, 2.24) is 10.2 Å². The number of hydrogen-bond acceptors (Lipinski definition) is 3. The molecule has 1 aliphatic heterocycles. The van der Waals surface area contributed by atoms with Gasteiger partial charge in [0, 0.05) is 31.6 Å². The second kappa shape index (κ2) is 8.41. The number of nitrogens with one attached hydrogen (secondary N) is 1. The number of carbonyl (C=O) groups excluding carboxylic acids is 2. The quantitative estimate of drug-likeness (QED) is 0.710. The van der Waals surface area contributed by atoms with E-state index in [2.05, 4.69) is 5.32 Å². The molecule has 5 nitrogen and oxygen atoms in total. The molecule has 1 N–H and O–H groups in total. The zero-order valence-corrected chi connectivity index (χ0v) is 17.0. The Balaban J connectivity index is 1.66. The normalized spacial score (nSPS) is 13.4. The lowest BCUT2D eigenvalue weighted by atomic mass is 9.87. The molecule has 4 rings (SSSR count). The van der Waals surface area contributed by atoms with Crippen molar-refractivity contribution in [2.45, 2.75) is 18.4 Å². The van der Waals surface area contributed by atoms with Crippen LogP contribution in [0.5, 0.6) is 11.5 Å². The van der Waals surface area contributed by atoms with Gasteiger partial charge in [0.1, 0.15) is 17.5 Å². The molecular formula is C25H24N2O3. The molecule has 5 heteroatoms. The third-order valence-corrected chi connectivity index (χ3v) is 5.28. The molecule has 30 heavy (non-hydrogen) atoms. The summed E-state index contributed by atoms with van der Waals surface area (Å²) in [5.41, 5.74) is 2.58. The van der Waals surface area contributed by atoms with Crippen molar-refractivity contribution in [2.75, 3.05) is 14.1 Å². The molecule has 0 aromatic heterocycles. The summed E-state index contributed by atoms with van der Waals surface area (Å²) in [7, 11) is 3.40. The van der Waals surface area contributed by atoms with Crippen LogP contribution in [0.2, 0.25) is 0 Å². The Kier molecular flexibility index (Phi) is 5.53. The minimum atomic E-state index is -0.655. The summed E-state index contributed by atoms with van der Waals surface area (Å²) in [6, 6.07) is 24.1. The highest BCUT2D eigenvalue weighted by molar-refractivity contribution is 5.94. The second-order valence-corrected chi connectivity index (χ2v) is 7.59. The molecule has 0 aliphatic carbocycles. The van der Waals surface area contributed by atoms with E-state index in [0.29, 0.717) is 17.9 Å². The predicted octanol–water partition coefficient (Wildman–Crippen LogP) is 3.74. The highest BCUT2D eigenvalue weighted by atomic mass is 16.5. The van der Waals surface area contributed by atoms with Crippen molar-refractivity contribution in [3.8, 4) is 11.5 Å². The Morgan fingerprint density at radius 1 is 0.867 bits per heavy atom. The molecule has 3 aromatic carbocycles. The van der Waals surface area contributed by atoms with E-state index in [1.54, 1.807) is 14.1 Å². The molecule has 152 valence electrons. The highest BCUT2D eigenvalue weighted by Gasteiger charge is 2.34. The molecule has 0 fully saturated rings. The monoisotopic (exact) mass is 400 g/mol. The van der Waals surface area contributed by atoms with Crippen LogP contribution in [0, 0.1) is 0 Å². The van der Waals surface area contributed by atoms with Crippen molar-refractivity contribution >= 4 is 11.8 Å². The van der Waals surface area contributed by atoms with Gasteiger partial charge in [0.15, 0.2) is 0 Å². The summed E-state index contributed by atoms with van der Waals surface area (Å²) in [5.74, 6) is 0.430. The first-order valence-corrected chi connectivity index (χ1v) is 9.96. The maximum Gasteiger partial charge on any atom is 0.244 e. The fraction of sp³-hybridized carbons (Fsp3) is 0.200. The number of fused-ring (bicyclic) bond motifs is 2. The van der Waals surface area contributed by atoms with E-state index < -0.39 is 12.0 Å². The first-order valence-electron chi connectivity index (χ1n) is 9.96. The van der Waals surface area contributed by atoms with E-state index in [4.69, 9.17) is 4.74 Å². The van der Waals surface area contributed by atoms with Crippen LogP contribution >= 0.6 is 0 Å². The zero-order chi connectivity index (χ0) is 21.1. The number of amides is 2. The van der Waals surface area contributed by atoms with Gasteiger partial charge in [-0.1, -0.05) is 66.7 Å². The van der Waals surface area contributed by atoms with Gasteiger partial charge in [-0.25, -0.2) is 0 Å². The van der Waals surface area contributed by atoms with E-state index >= 15 is 0 Å². The maximum absolute atomic E-state index is 13.5. The SMILES string of the molecule is CN(C)C(=O)C(Cc1ccccc1)NC(=O)C1c2ccccc2Oc2ccccc21. The number of hydrogen-bond donors (Lipinski definition) is 1. The fourth-order valence-electron chi connectivity index (χ4n) is 3.81. The zero-order valence-electron chi connectivity index (χ0n) is 17.0. The Hall–Kier alpha value is -3.60. The molecule has 3 aromatic rings. The predicted molar refractivity (Wildman–Crippen MR) is 116 cm³/mol. The molecule has 2 amide bonds. The van der Waals surface area contributed by atoms with Crippen molar-refractivity contribution < 1.29 is 14.3 Å². The molecule has 0 saturated heterocycles. The van der Waals surface area contributed by atoms with Crippen LogP contribution in [0.1, 0.15) is 22.6 Å². The highest BCUT2D eigenvalue weighted by Crippen LogP contribution is 2.43. The van der Waals surface area contributed by atoms with Crippen LogP contribution in [-0.2, 0) is 16.0 Å². The van der Waals surface area contributed by atoms with Crippen LogP contribution in [0.3, 0.4) is 0 Å². The lowest BCUT2D eigenvalue weighted by Gasteiger charge is -2.29. The van der Waals surface area contributed by atoms with Crippen LogP contribution in [-0.4, -0.2) is 36.9 Å². The smallest absolute Gasteiger partial charge is 0.244 e. The van der Waals surface area contributed by atoms with Gasteiger partial charge in [-0.15, -0.1) is 0 Å². The second-order valence-electron chi connectivity index (χ2n) is 7.59. The van der Waals surface area contributed by atoms with Crippen LogP contribution in [0.15, 0.2) is 78.9 Å². The molecule has 1 heterocycles. The minimum absolute atomic E-state index is 0.138. The maximum atomic E-state index is 13.5. The number of rotatable bonds is 5. The molecule has 0 radical (unpaired) electrons. The Labute approximate surface area is 176 Å². The Morgan fingerprint density at radius 3 is 1.97 bits per heavy atom. The van der Waals surface area contributed by atoms with E-state index in [1.165, 1.54) is 4.90 Å². The lowest BCUT2D eigenvalue weighted by Crippen LogP contribution is -2.49. The Bertz CT molecular complexity index is 1020. The number of nitrogens with zero attached hydrogens (tertiary/aromatic N) is 1. The molecule has 1 unspecified atom stereocenters. The van der Waals surface area contributed by atoms with Gasteiger partial charge >= 0.3 is 0 Å². The largest absolute Gasteiger partial charge is 0.457 e. The van der Waals surface area contributed by atoms with E-state index in [9.17, 15) is 9.59 Å². The average Bonchev–Trinajstić information content (AvgIpc) is 2.77. The van der Waals surface area contributed by atoms with Gasteiger partial charge in [-0.05, 0) is 17.7 Å². The van der Waals surface area contributed by atoms with Gasteiger partial charge in [-0.2, -0.15) is 0 Å². The van der Waals surface area contributed by atoms with Crippen molar-refractivity contribution in [1.29, 1.82) is 0 Å². The van der Waals surface area contributed by atoms with Gasteiger partial charge in [0.05, 0.1) is 5.92 Å². The van der Waals surface area contributed by atoms with Crippen LogP contribution in [0.4, 0.5) is 0 Å². The molecule has 0 saturated carbocycles. The number of carbonyl (C=O) groups is 2. The van der Waals surface area contributed by atoms with Crippen LogP contribution in [0.25, 0.3) is 0 Å². The summed E-state index contributed by atoms with van der Waals surface area (Å²) in [4.78, 5) is 27.9. The summed E-state index contributed by atoms with van der Waals surface area (Å²) >= 11 is 0. The third-order valence-electron chi connectivity index (χ3n) is 5.28. The molecule has 0 spiro atoms. The molecule has 1 aliphatic rings. The minimum Gasteiger partial charge on any atom is -0.457 e. The molecular weight excluding hydrogens is 376 g/mol. The first-order chi connectivity index (χ1) is 14.5. The number of para-hydroxylation sites is 2. The third kappa shape index (κ3) is 3.92. The first kappa shape index (κ1) is 19.7. The molecule has 0 bridgehead atoms. The van der Waals surface area contributed by atoms with Crippen molar-refractivity contribution in [3.63, 3.8) is 0 Å². The topological polar surface area (TPSA) is 58.6 Å². The average molecular weight is 400 g/mol. The van der Waals surface area contributed by atoms with Crippen LogP contribution < -0.4 is 10.1 Å². The summed E-state index contributed by atoms with van der Waals surface area (Å²) in [5, 5.41) is 3.01. The van der Waals surface area contributed by atoms with Gasteiger partial charge in [0.2, 0.25) is 11.8 Å². The molecule has 1 atom stereocenters. The standard InChI is InChI=1S/C25H24N2O3/c1-27(2)25(29)20(16-17-10-4-3-5-11-17)26-24(28)23-18-12-6-8-14-21(18)30-22-15-9-7-13-19(22)23/h3-15,20,23H,16H2,1-2H3,(H,26,28). The van der Waals surface area contributed by atoms with Crippen molar-refractivity contribution in [3.05, 3.63) is 95.6 Å². The number of ether oxygens (including phenoxy) is 1. The summed E-state index contributed by atoms with van der Waals surface area (Å²) < 4.78 is 5.99. The number of likely N-dealkylation sites (N-methyl/N-ethyl adjacent to an activating group) is 1. The van der Waals surface area contributed by atoms with E-state index in [0.717, 1.165) is 16.7 Å².